The lowest BCUT2D eigenvalue weighted by Crippen LogP contribution is -2.42. The van der Waals surface area contributed by atoms with E-state index in [1.54, 1.807) is 18.2 Å². The molecule has 10 nitrogen and oxygen atoms in total. The number of amides is 4. The zero-order chi connectivity index (χ0) is 42.6. The Hall–Kier alpha value is -2.98. The van der Waals surface area contributed by atoms with Gasteiger partial charge in [-0.15, -0.1) is 0 Å². The molecule has 0 bridgehead atoms. The van der Waals surface area contributed by atoms with Crippen LogP contribution in [0.2, 0.25) is 0 Å². The minimum absolute atomic E-state index is 0.169. The maximum Gasteiger partial charge on any atom is 0.274 e. The molecule has 0 aromatic heterocycles. The summed E-state index contributed by atoms with van der Waals surface area (Å²) in [5, 5.41) is 5.95. The Bertz CT molecular complexity index is 1120. The molecular weight excluding hydrogens is 729 g/mol. The molecule has 1 aromatic carbocycles. The number of hydroxylamine groups is 2. The molecule has 334 valence electrons. The second-order valence-electron chi connectivity index (χ2n) is 17.3. The van der Waals surface area contributed by atoms with Crippen LogP contribution in [-0.2, 0) is 19.3 Å². The van der Waals surface area contributed by atoms with Crippen LogP contribution in [0.4, 0.5) is 0 Å². The number of hydrogen-bond acceptors (Lipinski definition) is 6. The number of unbranched alkanes of at least 4 members (excludes halogenated alkanes) is 22. The molecule has 4 N–H and O–H groups in total. The molecule has 10 heteroatoms. The SMILES string of the molecule is CCCCCCCCCCCCCCNC(=O)[C@@H](CC(C)C)ONC(=O)c1cccc(C(=O)NO[C@H](CC(C)C)C(=O)NCCCCCCCCCCCCCC)c1. The van der Waals surface area contributed by atoms with E-state index in [1.165, 1.54) is 134 Å². The van der Waals surface area contributed by atoms with Crippen molar-refractivity contribution in [2.24, 2.45) is 11.8 Å². The van der Waals surface area contributed by atoms with Crippen LogP contribution in [-0.4, -0.2) is 48.9 Å². The summed E-state index contributed by atoms with van der Waals surface area (Å²) in [6, 6.07) is 6.13. The summed E-state index contributed by atoms with van der Waals surface area (Å²) in [6.45, 7) is 13.6. The van der Waals surface area contributed by atoms with Crippen LogP contribution < -0.4 is 21.6 Å². The first-order chi connectivity index (χ1) is 28.1. The van der Waals surface area contributed by atoms with Crippen molar-refractivity contribution in [3.8, 4) is 0 Å². The summed E-state index contributed by atoms with van der Waals surface area (Å²) in [5.41, 5.74) is 5.22. The number of rotatable bonds is 38. The smallest absolute Gasteiger partial charge is 0.274 e. The maximum atomic E-state index is 13.1. The normalized spacial score (nSPS) is 12.4. The molecule has 0 saturated heterocycles. The van der Waals surface area contributed by atoms with Crippen LogP contribution in [0.5, 0.6) is 0 Å². The first kappa shape index (κ1) is 53.0. The van der Waals surface area contributed by atoms with E-state index in [4.69, 9.17) is 9.68 Å². The molecule has 0 aliphatic rings. The van der Waals surface area contributed by atoms with Crippen molar-refractivity contribution in [2.75, 3.05) is 13.1 Å². The zero-order valence-electron chi connectivity index (χ0n) is 37.9. The lowest BCUT2D eigenvalue weighted by atomic mass is 10.0. The molecule has 4 amide bonds. The van der Waals surface area contributed by atoms with Crippen molar-refractivity contribution in [1.82, 2.24) is 21.6 Å². The molecule has 1 rings (SSSR count). The topological polar surface area (TPSA) is 135 Å². The van der Waals surface area contributed by atoms with Gasteiger partial charge in [0.05, 0.1) is 0 Å². The predicted octanol–water partition coefficient (Wildman–Crippen LogP) is 11.5. The summed E-state index contributed by atoms with van der Waals surface area (Å²) >= 11 is 0. The maximum absolute atomic E-state index is 13.1. The van der Waals surface area contributed by atoms with Gasteiger partial charge in [0.1, 0.15) is 0 Å². The van der Waals surface area contributed by atoms with E-state index >= 15 is 0 Å². The van der Waals surface area contributed by atoms with Gasteiger partial charge in [-0.1, -0.05) is 189 Å². The lowest BCUT2D eigenvalue weighted by molar-refractivity contribution is -0.138. The highest BCUT2D eigenvalue weighted by Gasteiger charge is 2.24. The summed E-state index contributed by atoms with van der Waals surface area (Å²) in [7, 11) is 0. The Morgan fingerprint density at radius 1 is 0.466 bits per heavy atom. The van der Waals surface area contributed by atoms with E-state index in [0.717, 1.165) is 25.7 Å². The Kier molecular flexibility index (Phi) is 32.8. The number of hydrogen-bond donors (Lipinski definition) is 4. The van der Waals surface area contributed by atoms with Gasteiger partial charge in [-0.05, 0) is 55.7 Å². The Morgan fingerprint density at radius 3 is 1.05 bits per heavy atom. The van der Waals surface area contributed by atoms with Gasteiger partial charge in [0.2, 0.25) is 0 Å². The molecule has 0 aliphatic heterocycles. The van der Waals surface area contributed by atoms with Crippen LogP contribution in [0.15, 0.2) is 24.3 Å². The molecule has 0 heterocycles. The van der Waals surface area contributed by atoms with Gasteiger partial charge in [-0.2, -0.15) is 0 Å². The molecule has 0 unspecified atom stereocenters. The highest BCUT2D eigenvalue weighted by atomic mass is 16.7. The van der Waals surface area contributed by atoms with Gasteiger partial charge in [0.25, 0.3) is 23.6 Å². The molecule has 0 spiro atoms. The van der Waals surface area contributed by atoms with E-state index in [2.05, 4.69) is 35.4 Å². The third-order valence-corrected chi connectivity index (χ3v) is 10.6. The lowest BCUT2D eigenvalue weighted by Gasteiger charge is -2.20. The molecular formula is C48H86N4O6. The fourth-order valence-electron chi connectivity index (χ4n) is 7.03. The third-order valence-electron chi connectivity index (χ3n) is 10.6. The standard InChI is InChI=1S/C48H86N4O6/c1-7-9-11-13-15-17-19-21-23-25-27-29-34-49-47(55)43(36-39(3)4)57-51-45(53)41-32-31-33-42(38-41)46(54)52-58-44(37-40(5)6)48(56)50-35-30-28-26-24-22-20-18-16-14-12-10-8-2/h31-33,38-40,43-44H,7-30,34-37H2,1-6H3,(H,49,55)(H,50,56)(H,51,53)(H,52,54)/t43-,44-/m1/s1. The third kappa shape index (κ3) is 28.4. The largest absolute Gasteiger partial charge is 0.354 e. The van der Waals surface area contributed by atoms with Crippen molar-refractivity contribution in [3.05, 3.63) is 35.4 Å². The molecule has 0 radical (unpaired) electrons. The van der Waals surface area contributed by atoms with Gasteiger partial charge in [0.15, 0.2) is 12.2 Å². The molecule has 0 saturated carbocycles. The second kappa shape index (κ2) is 35.9. The quantitative estimate of drug-likeness (QED) is 0.0388. The Labute approximate surface area is 354 Å². The molecule has 0 fully saturated rings. The van der Waals surface area contributed by atoms with Gasteiger partial charge in [-0.3, -0.25) is 28.9 Å². The second-order valence-corrected chi connectivity index (χ2v) is 17.3. The summed E-state index contributed by atoms with van der Waals surface area (Å²) in [4.78, 5) is 63.4. The first-order valence-electron chi connectivity index (χ1n) is 23.7. The van der Waals surface area contributed by atoms with E-state index in [9.17, 15) is 19.2 Å². The summed E-state index contributed by atoms with van der Waals surface area (Å²) in [5.74, 6) is -1.32. The number of carbonyl (C=O) groups is 4. The van der Waals surface area contributed by atoms with Crippen molar-refractivity contribution in [2.45, 2.75) is 221 Å². The van der Waals surface area contributed by atoms with E-state index in [1.807, 2.05) is 27.7 Å². The van der Waals surface area contributed by atoms with Crippen LogP contribution in [0, 0.1) is 11.8 Å². The fraction of sp³-hybridized carbons (Fsp3) is 0.792. The molecule has 0 aliphatic carbocycles. The first-order valence-corrected chi connectivity index (χ1v) is 23.7. The van der Waals surface area contributed by atoms with E-state index in [0.29, 0.717) is 25.9 Å². The molecule has 2 atom stereocenters. The average Bonchev–Trinajstić information content (AvgIpc) is 3.20. The van der Waals surface area contributed by atoms with Gasteiger partial charge in [-0.25, -0.2) is 11.0 Å². The molecule has 58 heavy (non-hydrogen) atoms. The number of carbonyl (C=O) groups excluding carboxylic acids is 4. The summed E-state index contributed by atoms with van der Waals surface area (Å²) < 4.78 is 0. The number of benzene rings is 1. The Balaban J connectivity index is 2.45. The van der Waals surface area contributed by atoms with Gasteiger partial charge < -0.3 is 10.6 Å². The van der Waals surface area contributed by atoms with Crippen LogP contribution >= 0.6 is 0 Å². The van der Waals surface area contributed by atoms with Crippen LogP contribution in [0.3, 0.4) is 0 Å². The number of nitrogens with one attached hydrogen (secondary N) is 4. The fourth-order valence-corrected chi connectivity index (χ4v) is 7.03. The summed E-state index contributed by atoms with van der Waals surface area (Å²) in [6.07, 6.45) is 29.3. The van der Waals surface area contributed by atoms with E-state index in [-0.39, 0.29) is 34.8 Å². The Morgan fingerprint density at radius 2 is 0.759 bits per heavy atom. The van der Waals surface area contributed by atoms with Crippen molar-refractivity contribution >= 4 is 23.6 Å². The van der Waals surface area contributed by atoms with Crippen LogP contribution in [0.25, 0.3) is 0 Å². The highest BCUT2D eigenvalue weighted by molar-refractivity contribution is 5.99. The van der Waals surface area contributed by atoms with Gasteiger partial charge >= 0.3 is 0 Å². The predicted molar refractivity (Wildman–Crippen MR) is 238 cm³/mol. The van der Waals surface area contributed by atoms with E-state index < -0.39 is 24.0 Å². The highest BCUT2D eigenvalue weighted by Crippen LogP contribution is 2.15. The minimum atomic E-state index is -0.843. The molecule has 1 aromatic rings. The van der Waals surface area contributed by atoms with Gasteiger partial charge in [0, 0.05) is 24.2 Å². The average molecular weight is 815 g/mol. The van der Waals surface area contributed by atoms with Crippen LogP contribution in [0.1, 0.15) is 229 Å². The van der Waals surface area contributed by atoms with Crippen molar-refractivity contribution in [3.63, 3.8) is 0 Å². The van der Waals surface area contributed by atoms with Crippen molar-refractivity contribution in [1.29, 1.82) is 0 Å². The zero-order valence-corrected chi connectivity index (χ0v) is 37.9. The van der Waals surface area contributed by atoms with Crippen molar-refractivity contribution < 1.29 is 28.9 Å². The monoisotopic (exact) mass is 815 g/mol. The minimum Gasteiger partial charge on any atom is -0.354 e.